The highest BCUT2D eigenvalue weighted by atomic mass is 16.7. The van der Waals surface area contributed by atoms with Gasteiger partial charge in [0, 0.05) is 30.6 Å². The number of aliphatic hydroxyl groups is 1. The molecule has 3 heterocycles. The zero-order valence-corrected chi connectivity index (χ0v) is 16.3. The van der Waals surface area contributed by atoms with Gasteiger partial charge < -0.3 is 29.5 Å². The molecule has 30 heavy (non-hydrogen) atoms. The van der Waals surface area contributed by atoms with Crippen LogP contribution in [0, 0.1) is 0 Å². The maximum Gasteiger partial charge on any atom is 0.254 e. The molecule has 1 fully saturated rings. The Labute approximate surface area is 173 Å². The number of piperidine rings is 1. The van der Waals surface area contributed by atoms with Gasteiger partial charge in [-0.1, -0.05) is 0 Å². The van der Waals surface area contributed by atoms with Crippen LogP contribution < -0.4 is 19.5 Å². The first-order valence-electron chi connectivity index (χ1n) is 10.0. The fraction of sp³-hybridized carbons (Fsp3) is 0.364. The Morgan fingerprint density at radius 1 is 1.13 bits per heavy atom. The summed E-state index contributed by atoms with van der Waals surface area (Å²) in [5.41, 5.74) is 2.34. The smallest absolute Gasteiger partial charge is 0.254 e. The second kappa shape index (κ2) is 7.53. The van der Waals surface area contributed by atoms with Crippen molar-refractivity contribution in [3.63, 3.8) is 0 Å². The Hall–Kier alpha value is -3.26. The number of aliphatic hydroxyl groups excluding tert-OH is 1. The highest BCUT2D eigenvalue weighted by molar-refractivity contribution is 5.95. The number of hydrogen-bond donors (Lipinski definition) is 2. The molecule has 0 aliphatic carbocycles. The number of carbonyl (C=O) groups excluding carboxylic acids is 2. The summed E-state index contributed by atoms with van der Waals surface area (Å²) >= 11 is 0. The van der Waals surface area contributed by atoms with Crippen molar-refractivity contribution in [3.05, 3.63) is 47.5 Å². The van der Waals surface area contributed by atoms with E-state index in [-0.39, 0.29) is 25.2 Å². The van der Waals surface area contributed by atoms with E-state index in [4.69, 9.17) is 14.2 Å². The molecule has 0 spiro atoms. The molecule has 2 aromatic rings. The number of anilines is 1. The quantitative estimate of drug-likeness (QED) is 0.803. The van der Waals surface area contributed by atoms with E-state index in [9.17, 15) is 14.7 Å². The predicted molar refractivity (Wildman–Crippen MR) is 107 cm³/mol. The number of β-amino-alcohol motifs (C(OH)–C–C–N with tert-alkyl or cyclic N) is 1. The molecule has 3 aliphatic rings. The van der Waals surface area contributed by atoms with Gasteiger partial charge in [0.05, 0.1) is 6.54 Å². The Kier molecular flexibility index (Phi) is 4.71. The molecule has 8 nitrogen and oxygen atoms in total. The number of nitrogens with zero attached hydrogens (tertiary/aromatic N) is 1. The maximum absolute atomic E-state index is 12.8. The highest BCUT2D eigenvalue weighted by Crippen LogP contribution is 2.33. The number of nitrogens with one attached hydrogen (secondary N) is 1. The average molecular weight is 410 g/mol. The molecule has 2 amide bonds. The predicted octanol–water partition coefficient (Wildman–Crippen LogP) is 1.95. The fourth-order valence-electron chi connectivity index (χ4n) is 4.05. The third-order valence-corrected chi connectivity index (χ3v) is 5.69. The normalized spacial score (nSPS) is 22.3. The van der Waals surface area contributed by atoms with Crippen LogP contribution in [0.5, 0.6) is 17.2 Å². The molecule has 156 valence electrons. The number of ether oxygens (including phenoxy) is 3. The monoisotopic (exact) mass is 410 g/mol. The maximum atomic E-state index is 12.8. The molecule has 3 aliphatic heterocycles. The molecule has 5 rings (SSSR count). The van der Waals surface area contributed by atoms with Crippen molar-refractivity contribution in [2.45, 2.75) is 31.5 Å². The number of hydrogen-bond acceptors (Lipinski definition) is 6. The zero-order valence-electron chi connectivity index (χ0n) is 16.3. The molecule has 0 bridgehead atoms. The molecule has 8 heteroatoms. The number of fused-ring (bicyclic) bond motifs is 2. The van der Waals surface area contributed by atoms with Crippen molar-refractivity contribution >= 4 is 17.5 Å². The topological polar surface area (TPSA) is 97.3 Å². The van der Waals surface area contributed by atoms with Crippen molar-refractivity contribution in [3.8, 4) is 17.2 Å². The summed E-state index contributed by atoms with van der Waals surface area (Å²) in [7, 11) is 0. The first-order chi connectivity index (χ1) is 14.6. The van der Waals surface area contributed by atoms with E-state index in [2.05, 4.69) is 5.32 Å². The summed E-state index contributed by atoms with van der Waals surface area (Å²) in [5, 5.41) is 13.4. The summed E-state index contributed by atoms with van der Waals surface area (Å²) in [6, 6.07) is 10.6. The average Bonchev–Trinajstić information content (AvgIpc) is 3.22. The van der Waals surface area contributed by atoms with Gasteiger partial charge in [0.25, 0.3) is 5.91 Å². The van der Waals surface area contributed by atoms with Crippen LogP contribution in [0.15, 0.2) is 36.4 Å². The van der Waals surface area contributed by atoms with E-state index < -0.39 is 12.2 Å². The molecule has 0 radical (unpaired) electrons. The lowest BCUT2D eigenvalue weighted by atomic mass is 10.0. The minimum atomic E-state index is -0.799. The molecule has 0 aromatic heterocycles. The number of amides is 2. The van der Waals surface area contributed by atoms with E-state index >= 15 is 0 Å². The molecular formula is C22H22N2O6. The van der Waals surface area contributed by atoms with Gasteiger partial charge in [-0.3, -0.25) is 9.59 Å². The molecule has 0 unspecified atom stereocenters. The minimum absolute atomic E-state index is 0.0195. The van der Waals surface area contributed by atoms with Crippen LogP contribution in [-0.4, -0.2) is 53.9 Å². The number of carbonyl (C=O) groups is 2. The lowest BCUT2D eigenvalue weighted by Gasteiger charge is -2.36. The van der Waals surface area contributed by atoms with E-state index in [0.29, 0.717) is 48.6 Å². The number of likely N-dealkylation sites (tertiary alicyclic amines) is 1. The van der Waals surface area contributed by atoms with Crippen molar-refractivity contribution in [2.75, 3.05) is 25.2 Å². The van der Waals surface area contributed by atoms with Gasteiger partial charge in [0.1, 0.15) is 18.0 Å². The first-order valence-corrected chi connectivity index (χ1v) is 10.0. The molecule has 1 saturated heterocycles. The Balaban J connectivity index is 1.23. The lowest BCUT2D eigenvalue weighted by molar-refractivity contribution is -0.116. The van der Waals surface area contributed by atoms with E-state index in [0.717, 1.165) is 11.3 Å². The van der Waals surface area contributed by atoms with Crippen LogP contribution >= 0.6 is 0 Å². The number of rotatable bonds is 3. The van der Waals surface area contributed by atoms with Crippen LogP contribution in [0.1, 0.15) is 28.8 Å². The van der Waals surface area contributed by atoms with Gasteiger partial charge in [-0.25, -0.2) is 0 Å². The largest absolute Gasteiger partial charge is 0.488 e. The Morgan fingerprint density at radius 3 is 2.87 bits per heavy atom. The summed E-state index contributed by atoms with van der Waals surface area (Å²) in [4.78, 5) is 26.0. The Morgan fingerprint density at radius 2 is 2.00 bits per heavy atom. The van der Waals surface area contributed by atoms with Crippen LogP contribution in [0.2, 0.25) is 0 Å². The van der Waals surface area contributed by atoms with Crippen molar-refractivity contribution in [1.29, 1.82) is 0 Å². The molecular weight excluding hydrogens is 388 g/mol. The van der Waals surface area contributed by atoms with Crippen LogP contribution in [0.4, 0.5) is 5.69 Å². The zero-order chi connectivity index (χ0) is 20.7. The van der Waals surface area contributed by atoms with Crippen molar-refractivity contribution < 1.29 is 28.9 Å². The number of aryl methyl sites for hydroxylation is 1. The second-order valence-corrected chi connectivity index (χ2v) is 7.70. The highest BCUT2D eigenvalue weighted by Gasteiger charge is 2.32. The molecule has 0 saturated carbocycles. The standard InChI is InChI=1S/C22H22N2O6/c25-17-11-24(22(27)14-1-5-19-20(10-14)29-12-28-19)8-7-18(17)30-15-3-4-16-13(9-15)2-6-21(26)23-16/h1,3-5,9-10,17-18,25H,2,6-8,11-12H2,(H,23,26)/t17-,18-/m1/s1. The van der Waals surface area contributed by atoms with E-state index in [1.165, 1.54) is 0 Å². The third kappa shape index (κ3) is 3.54. The van der Waals surface area contributed by atoms with Gasteiger partial charge in [0.15, 0.2) is 11.5 Å². The summed E-state index contributed by atoms with van der Waals surface area (Å²) < 4.78 is 16.6. The van der Waals surface area contributed by atoms with Gasteiger partial charge in [-0.15, -0.1) is 0 Å². The van der Waals surface area contributed by atoms with Gasteiger partial charge in [-0.05, 0) is 48.4 Å². The SMILES string of the molecule is O=C1CCc2cc(O[C@@H]3CCN(C(=O)c4ccc5c(c4)OCO5)C[C@H]3O)ccc2N1. The summed E-state index contributed by atoms with van der Waals surface area (Å²) in [5.74, 6) is 1.71. The van der Waals surface area contributed by atoms with Crippen molar-refractivity contribution in [2.24, 2.45) is 0 Å². The first kappa shape index (κ1) is 18.7. The lowest BCUT2D eigenvalue weighted by Crippen LogP contribution is -2.51. The van der Waals surface area contributed by atoms with Crippen LogP contribution in [0.25, 0.3) is 0 Å². The van der Waals surface area contributed by atoms with Gasteiger partial charge in [-0.2, -0.15) is 0 Å². The molecule has 2 atom stereocenters. The van der Waals surface area contributed by atoms with E-state index in [1.807, 2.05) is 12.1 Å². The molecule has 2 aromatic carbocycles. The van der Waals surface area contributed by atoms with Gasteiger partial charge in [0.2, 0.25) is 12.7 Å². The molecule has 2 N–H and O–H groups in total. The third-order valence-electron chi connectivity index (χ3n) is 5.69. The summed E-state index contributed by atoms with van der Waals surface area (Å²) in [6.07, 6.45) is 0.447. The van der Waals surface area contributed by atoms with Gasteiger partial charge >= 0.3 is 0 Å². The minimum Gasteiger partial charge on any atom is -0.488 e. The second-order valence-electron chi connectivity index (χ2n) is 7.70. The number of benzene rings is 2. The fourth-order valence-corrected chi connectivity index (χ4v) is 4.05. The van der Waals surface area contributed by atoms with Crippen molar-refractivity contribution in [1.82, 2.24) is 4.90 Å². The van der Waals surface area contributed by atoms with Crippen LogP contribution in [0.3, 0.4) is 0 Å². The summed E-state index contributed by atoms with van der Waals surface area (Å²) in [6.45, 7) is 0.832. The van der Waals surface area contributed by atoms with Crippen LogP contribution in [-0.2, 0) is 11.2 Å². The van der Waals surface area contributed by atoms with E-state index in [1.54, 1.807) is 29.2 Å². The Bertz CT molecular complexity index is 1010.